The van der Waals surface area contributed by atoms with Crippen molar-refractivity contribution in [1.29, 1.82) is 0 Å². The topological polar surface area (TPSA) is 226 Å². The summed E-state index contributed by atoms with van der Waals surface area (Å²) in [5, 5.41) is 10.3. The normalized spacial score (nSPS) is 18.8. The van der Waals surface area contributed by atoms with Crippen molar-refractivity contribution in [2.75, 3.05) is 74.9 Å². The van der Waals surface area contributed by atoms with Gasteiger partial charge in [0.25, 0.3) is 11.8 Å². The van der Waals surface area contributed by atoms with Crippen LogP contribution in [0, 0.1) is 24.7 Å². The van der Waals surface area contributed by atoms with Crippen LogP contribution in [0.25, 0.3) is 28.1 Å². The van der Waals surface area contributed by atoms with Crippen LogP contribution in [0.3, 0.4) is 0 Å². The van der Waals surface area contributed by atoms with E-state index in [1.165, 1.54) is 5.56 Å². The fourth-order valence-corrected chi connectivity index (χ4v) is 11.9. The lowest BCUT2D eigenvalue weighted by atomic mass is 9.93. The van der Waals surface area contributed by atoms with Gasteiger partial charge in [-0.2, -0.15) is 5.10 Å². The monoisotopic (exact) mass is 1070 g/mol. The molecule has 1 atom stereocenters. The van der Waals surface area contributed by atoms with E-state index in [1.54, 1.807) is 30.6 Å². The molecule has 5 aliphatic rings. The molecule has 0 radical (unpaired) electrons. The number of nitrogen functional groups attached to an aromatic ring is 1. The van der Waals surface area contributed by atoms with E-state index in [2.05, 4.69) is 76.1 Å². The number of imide groups is 2. The van der Waals surface area contributed by atoms with Gasteiger partial charge in [0.05, 0.1) is 35.6 Å². The first-order valence-corrected chi connectivity index (χ1v) is 27.7. The maximum Gasteiger partial charge on any atom is 0.263 e. The standard InChI is InChI=1S/C60H63N15O5/c1-39-66-51-14-13-49(44-17-22-62-52(61)32-44)67-57(51)74(39)46-10-7-41(8-11-46)37-70-30-28-69(29-31-70)23-3-4-40-9-15-53(64-34-40)71-24-18-43(19-25-71)58(78)72-26-20-45(21-27-72)73-38-42(36-65-73)35-63-50-6-2-5-48-56(50)60(80)75(59(48)79)47-12-16-54(76)68-55(77)33-47/h2,5-11,13-15,17,22,32,34,36,38,43,45,47,63H,12,16,18-21,23-31,33,35,37H2,1H3,(H2,61,62)(H,68,76,77). The first kappa shape index (κ1) is 51.9. The average Bonchev–Trinajstić information content (AvgIpc) is 4.30. The number of aromatic nitrogens is 7. The first-order chi connectivity index (χ1) is 39.0. The van der Waals surface area contributed by atoms with Gasteiger partial charge < -0.3 is 20.9 Å². The number of piperazine rings is 1. The van der Waals surface area contributed by atoms with E-state index in [1.807, 2.05) is 65.3 Å². The third kappa shape index (κ3) is 11.0. The van der Waals surface area contributed by atoms with Gasteiger partial charge in [-0.15, -0.1) is 0 Å². The van der Waals surface area contributed by atoms with Crippen LogP contribution in [0.2, 0.25) is 0 Å². The molecular weight excluding hydrogens is 1010 g/mol. The molecular formula is C60H63N15O5. The lowest BCUT2D eigenvalue weighted by Gasteiger charge is -2.37. The summed E-state index contributed by atoms with van der Waals surface area (Å²) in [7, 11) is 0. The lowest BCUT2D eigenvalue weighted by molar-refractivity contribution is -0.137. The number of aryl methyl sites for hydroxylation is 1. The smallest absolute Gasteiger partial charge is 0.263 e. The Hall–Kier alpha value is -8.80. The summed E-state index contributed by atoms with van der Waals surface area (Å²) in [5.41, 5.74) is 14.5. The molecule has 0 bridgehead atoms. The largest absolute Gasteiger partial charge is 0.384 e. The predicted octanol–water partition coefficient (Wildman–Crippen LogP) is 5.62. The minimum atomic E-state index is -0.692. The summed E-state index contributed by atoms with van der Waals surface area (Å²) in [6.07, 6.45) is 10.7. The van der Waals surface area contributed by atoms with E-state index in [-0.39, 0.29) is 48.3 Å². The molecule has 2 aromatic carbocycles. The highest BCUT2D eigenvalue weighted by Crippen LogP contribution is 2.34. The van der Waals surface area contributed by atoms with Crippen LogP contribution in [0.5, 0.6) is 0 Å². The molecule has 20 heteroatoms. The molecule has 0 spiro atoms. The number of hydrogen-bond donors (Lipinski definition) is 3. The summed E-state index contributed by atoms with van der Waals surface area (Å²) in [6.45, 7) is 10.7. The number of piperidine rings is 2. The van der Waals surface area contributed by atoms with E-state index in [4.69, 9.17) is 20.7 Å². The SMILES string of the molecule is Cc1nc2ccc(-c3ccnc(N)c3)nc2n1-c1ccc(CN2CCN(CC#Cc3ccc(N4CCC(C(=O)N5CCC(n6cc(CNc7cccc8c7C(=O)N(C7CCC(=O)NC(=O)C7)C8=O)cn6)CC5)CC4)nc3)CC2)cc1. The zero-order chi connectivity index (χ0) is 54.9. The van der Waals surface area contributed by atoms with Crippen LogP contribution in [0.1, 0.15) is 94.2 Å². The third-order valence-corrected chi connectivity index (χ3v) is 16.3. The van der Waals surface area contributed by atoms with Gasteiger partial charge in [0.1, 0.15) is 23.0 Å². The molecule has 10 heterocycles. The van der Waals surface area contributed by atoms with Gasteiger partial charge in [-0.3, -0.25) is 53.2 Å². The maximum atomic E-state index is 13.8. The highest BCUT2D eigenvalue weighted by Gasteiger charge is 2.43. The number of benzene rings is 2. The molecule has 5 aliphatic heterocycles. The Labute approximate surface area is 463 Å². The quantitative estimate of drug-likeness (QED) is 0.0998. The van der Waals surface area contributed by atoms with Crippen LogP contribution in [-0.4, -0.2) is 148 Å². The Morgan fingerprint density at radius 2 is 1.57 bits per heavy atom. The number of anilines is 3. The van der Waals surface area contributed by atoms with Crippen molar-refractivity contribution in [3.63, 3.8) is 0 Å². The molecule has 80 heavy (non-hydrogen) atoms. The summed E-state index contributed by atoms with van der Waals surface area (Å²) in [5.74, 6) is 7.34. The van der Waals surface area contributed by atoms with Crippen molar-refractivity contribution in [2.45, 2.75) is 77.0 Å². The molecule has 20 nitrogen and oxygen atoms in total. The maximum absolute atomic E-state index is 13.8. The molecule has 12 rings (SSSR count). The highest BCUT2D eigenvalue weighted by atomic mass is 16.2. The van der Waals surface area contributed by atoms with Gasteiger partial charge >= 0.3 is 0 Å². The molecule has 5 amide bonds. The zero-order valence-corrected chi connectivity index (χ0v) is 44.8. The number of imidazole rings is 1. The molecule has 4 fully saturated rings. The van der Waals surface area contributed by atoms with Crippen molar-refractivity contribution in [3.05, 3.63) is 137 Å². The third-order valence-electron chi connectivity index (χ3n) is 16.3. The Morgan fingerprint density at radius 3 is 2.35 bits per heavy atom. The fraction of sp³-hybridized carbons (Fsp3) is 0.367. The predicted molar refractivity (Wildman–Crippen MR) is 301 cm³/mol. The summed E-state index contributed by atoms with van der Waals surface area (Å²) in [4.78, 5) is 94.0. The second-order valence-corrected chi connectivity index (χ2v) is 21.5. The minimum Gasteiger partial charge on any atom is -0.384 e. The number of amides is 5. The molecule has 4 saturated heterocycles. The number of hydrogen-bond acceptors (Lipinski definition) is 15. The Bertz CT molecular complexity index is 3560. The van der Waals surface area contributed by atoms with Gasteiger partial charge in [-0.1, -0.05) is 30.0 Å². The number of carbonyl (C=O) groups is 5. The van der Waals surface area contributed by atoms with Crippen molar-refractivity contribution in [3.8, 4) is 28.8 Å². The number of likely N-dealkylation sites (tertiary alicyclic amines) is 1. The van der Waals surface area contributed by atoms with Crippen molar-refractivity contribution in [2.24, 2.45) is 5.92 Å². The number of rotatable bonds is 12. The highest BCUT2D eigenvalue weighted by molar-refractivity contribution is 6.24. The molecule has 4 N–H and O–H groups in total. The van der Waals surface area contributed by atoms with Gasteiger partial charge in [-0.25, -0.2) is 19.9 Å². The molecule has 7 aromatic rings. The van der Waals surface area contributed by atoms with Crippen LogP contribution in [0.15, 0.2) is 104 Å². The first-order valence-electron chi connectivity index (χ1n) is 27.7. The van der Waals surface area contributed by atoms with Crippen molar-refractivity contribution < 1.29 is 24.0 Å². The second kappa shape index (κ2) is 22.5. The van der Waals surface area contributed by atoms with Crippen molar-refractivity contribution in [1.82, 2.24) is 59.2 Å². The van der Waals surface area contributed by atoms with E-state index >= 15 is 0 Å². The number of nitrogens with one attached hydrogen (secondary N) is 2. The Kier molecular flexibility index (Phi) is 14.6. The second-order valence-electron chi connectivity index (χ2n) is 21.5. The van der Waals surface area contributed by atoms with Crippen LogP contribution in [-0.2, 0) is 27.5 Å². The van der Waals surface area contributed by atoms with E-state index in [9.17, 15) is 24.0 Å². The molecule has 1 unspecified atom stereocenters. The summed E-state index contributed by atoms with van der Waals surface area (Å²) >= 11 is 0. The van der Waals surface area contributed by atoms with Crippen LogP contribution in [0.4, 0.5) is 17.3 Å². The molecule has 0 saturated carbocycles. The van der Waals surface area contributed by atoms with Gasteiger partial charge in [0, 0.05) is 137 Å². The number of pyridine rings is 3. The van der Waals surface area contributed by atoms with E-state index in [0.717, 1.165) is 127 Å². The van der Waals surface area contributed by atoms with Gasteiger partial charge in [0.2, 0.25) is 17.7 Å². The van der Waals surface area contributed by atoms with E-state index < -0.39 is 29.7 Å². The molecule has 0 aliphatic carbocycles. The fourth-order valence-electron chi connectivity index (χ4n) is 11.9. The number of nitrogens with zero attached hydrogens (tertiary/aromatic N) is 12. The minimum absolute atomic E-state index is 0.0131. The Balaban J connectivity index is 0.556. The summed E-state index contributed by atoms with van der Waals surface area (Å²) in [6, 6.07) is 25.1. The number of fused-ring (bicyclic) bond motifs is 2. The number of carbonyl (C=O) groups excluding carboxylic acids is 5. The van der Waals surface area contributed by atoms with Crippen LogP contribution >= 0.6 is 0 Å². The molecule has 5 aromatic heterocycles. The summed E-state index contributed by atoms with van der Waals surface area (Å²) < 4.78 is 4.07. The average molecular weight is 1070 g/mol. The van der Waals surface area contributed by atoms with Crippen molar-refractivity contribution >= 4 is 58.0 Å². The van der Waals surface area contributed by atoms with Crippen LogP contribution < -0.4 is 21.3 Å². The van der Waals surface area contributed by atoms with E-state index in [0.29, 0.717) is 37.7 Å². The number of nitrogens with two attached hydrogens (primary N) is 1. The van der Waals surface area contributed by atoms with Gasteiger partial charge in [0.15, 0.2) is 5.65 Å². The Morgan fingerprint density at radius 1 is 0.775 bits per heavy atom. The zero-order valence-electron chi connectivity index (χ0n) is 44.8. The van der Waals surface area contributed by atoms with Gasteiger partial charge in [-0.05, 0) is 105 Å². The lowest BCUT2D eigenvalue weighted by Crippen LogP contribution is -2.45. The molecule has 408 valence electrons.